The summed E-state index contributed by atoms with van der Waals surface area (Å²) >= 11 is 0. The molecule has 12 heteroatoms. The second kappa shape index (κ2) is 14.0. The van der Waals surface area contributed by atoms with Gasteiger partial charge in [-0.05, 0) is 42.0 Å². The lowest BCUT2D eigenvalue weighted by Gasteiger charge is -2.25. The van der Waals surface area contributed by atoms with E-state index in [9.17, 15) is 29.4 Å². The first kappa shape index (κ1) is 31.3. The highest BCUT2D eigenvalue weighted by Gasteiger charge is 2.31. The fourth-order valence-electron chi connectivity index (χ4n) is 5.07. The number of rotatable bonds is 14. The molecule has 0 bridgehead atoms. The van der Waals surface area contributed by atoms with Gasteiger partial charge in [0.1, 0.15) is 18.1 Å². The van der Waals surface area contributed by atoms with E-state index < -0.39 is 54.5 Å². The molecule has 228 valence electrons. The van der Waals surface area contributed by atoms with E-state index in [1.54, 1.807) is 12.4 Å². The lowest BCUT2D eigenvalue weighted by Crippen LogP contribution is -2.58. The maximum absolute atomic E-state index is 13.4. The van der Waals surface area contributed by atoms with E-state index >= 15 is 0 Å². The van der Waals surface area contributed by atoms with Crippen molar-refractivity contribution in [3.8, 4) is 0 Å². The van der Waals surface area contributed by atoms with Gasteiger partial charge in [-0.2, -0.15) is 0 Å². The molecule has 0 saturated heterocycles. The third kappa shape index (κ3) is 7.79. The number of nitrogens with one attached hydrogen (secondary N) is 5. The van der Waals surface area contributed by atoms with Crippen LogP contribution in [0.4, 0.5) is 0 Å². The molecular weight excluding hydrogens is 552 g/mol. The van der Waals surface area contributed by atoms with Crippen molar-refractivity contribution in [3.05, 3.63) is 72.1 Å². The Morgan fingerprint density at radius 1 is 0.744 bits per heavy atom. The molecule has 43 heavy (non-hydrogen) atoms. The molecular formula is C31H38N6O6. The minimum Gasteiger partial charge on any atom is -0.480 e. The number of para-hydroxylation sites is 2. The second-order valence-corrected chi connectivity index (χ2v) is 11.1. The number of carbonyl (C=O) groups excluding carboxylic acids is 3. The zero-order valence-corrected chi connectivity index (χ0v) is 24.1. The van der Waals surface area contributed by atoms with Crippen molar-refractivity contribution < 1.29 is 29.4 Å². The number of carbonyl (C=O) groups is 4. The van der Waals surface area contributed by atoms with Crippen molar-refractivity contribution in [1.82, 2.24) is 25.9 Å². The van der Waals surface area contributed by atoms with Crippen molar-refractivity contribution in [2.24, 2.45) is 11.7 Å². The summed E-state index contributed by atoms with van der Waals surface area (Å²) in [5.74, 6) is -3.37. The van der Waals surface area contributed by atoms with Crippen LogP contribution >= 0.6 is 0 Å². The first-order chi connectivity index (χ1) is 20.6. The molecule has 0 aliphatic heterocycles. The van der Waals surface area contributed by atoms with Crippen LogP contribution in [-0.2, 0) is 32.0 Å². The van der Waals surface area contributed by atoms with E-state index in [0.29, 0.717) is 0 Å². The molecule has 4 atom stereocenters. The minimum atomic E-state index is -1.40. The van der Waals surface area contributed by atoms with Crippen molar-refractivity contribution in [3.63, 3.8) is 0 Å². The Hall–Kier alpha value is -4.68. The first-order valence-electron chi connectivity index (χ1n) is 14.2. The van der Waals surface area contributed by atoms with Gasteiger partial charge in [-0.3, -0.25) is 14.4 Å². The molecule has 0 aliphatic rings. The molecule has 4 unspecified atom stereocenters. The average Bonchev–Trinajstić information content (AvgIpc) is 3.58. The minimum absolute atomic E-state index is 0.00879. The Morgan fingerprint density at radius 3 is 1.77 bits per heavy atom. The number of aliphatic hydroxyl groups is 1. The monoisotopic (exact) mass is 590 g/mol. The number of aromatic amines is 2. The summed E-state index contributed by atoms with van der Waals surface area (Å²) in [6, 6.07) is 10.2. The Morgan fingerprint density at radius 2 is 1.23 bits per heavy atom. The topological polar surface area (TPSA) is 202 Å². The Bertz CT molecular complexity index is 1590. The molecule has 2 aromatic carbocycles. The number of aliphatic hydroxyl groups excluding tert-OH is 1. The lowest BCUT2D eigenvalue weighted by molar-refractivity contribution is -0.142. The summed E-state index contributed by atoms with van der Waals surface area (Å²) < 4.78 is 0. The van der Waals surface area contributed by atoms with Crippen LogP contribution < -0.4 is 21.7 Å². The normalized spacial score (nSPS) is 14.3. The number of carboxylic acid groups (broad SMARTS) is 1. The quantitative estimate of drug-likeness (QED) is 0.108. The molecule has 0 saturated carbocycles. The van der Waals surface area contributed by atoms with E-state index in [0.717, 1.165) is 32.9 Å². The van der Waals surface area contributed by atoms with Crippen molar-refractivity contribution in [2.45, 2.75) is 57.3 Å². The van der Waals surface area contributed by atoms with E-state index in [4.69, 9.17) is 5.73 Å². The van der Waals surface area contributed by atoms with Crippen LogP contribution in [0.25, 0.3) is 21.8 Å². The Kier molecular flexibility index (Phi) is 10.2. The third-order valence-corrected chi connectivity index (χ3v) is 7.32. The van der Waals surface area contributed by atoms with Gasteiger partial charge in [-0.15, -0.1) is 0 Å². The van der Waals surface area contributed by atoms with Crippen LogP contribution in [0, 0.1) is 5.92 Å². The van der Waals surface area contributed by atoms with Crippen LogP contribution in [0.15, 0.2) is 60.9 Å². The van der Waals surface area contributed by atoms with Crippen LogP contribution in [0.2, 0.25) is 0 Å². The summed E-state index contributed by atoms with van der Waals surface area (Å²) in [6.45, 7) is 2.93. The number of nitrogens with two attached hydrogens (primary N) is 1. The van der Waals surface area contributed by atoms with Gasteiger partial charge >= 0.3 is 5.97 Å². The molecule has 9 N–H and O–H groups in total. The molecule has 2 aromatic heterocycles. The second-order valence-electron chi connectivity index (χ2n) is 11.1. The highest BCUT2D eigenvalue weighted by molar-refractivity contribution is 5.95. The summed E-state index contributed by atoms with van der Waals surface area (Å²) in [6.07, 6.45) is 3.90. The summed E-state index contributed by atoms with van der Waals surface area (Å²) in [4.78, 5) is 57.7. The summed E-state index contributed by atoms with van der Waals surface area (Å²) in [5.41, 5.74) is 9.43. The number of aromatic nitrogens is 2. The van der Waals surface area contributed by atoms with Gasteiger partial charge < -0.3 is 41.9 Å². The number of carboxylic acids is 1. The number of fused-ring (bicyclic) bond motifs is 2. The number of aliphatic carboxylic acids is 1. The van der Waals surface area contributed by atoms with Gasteiger partial charge in [0.25, 0.3) is 0 Å². The number of amides is 3. The Balaban J connectivity index is 1.48. The number of hydrogen-bond acceptors (Lipinski definition) is 6. The van der Waals surface area contributed by atoms with Crippen LogP contribution in [-0.4, -0.2) is 74.6 Å². The fourth-order valence-corrected chi connectivity index (χ4v) is 5.07. The van der Waals surface area contributed by atoms with E-state index in [2.05, 4.69) is 25.9 Å². The van der Waals surface area contributed by atoms with Crippen molar-refractivity contribution >= 4 is 45.5 Å². The summed E-state index contributed by atoms with van der Waals surface area (Å²) in [5, 5.41) is 29.0. The van der Waals surface area contributed by atoms with Crippen LogP contribution in [0.5, 0.6) is 0 Å². The number of benzene rings is 2. The standard InChI is InChI=1S/C31H38N6O6/c1-17(2)11-26(31(42)43)36-29(40)25(13-19-15-34-24-10-6-4-8-21(19)24)35-30(41)27(16-38)37-28(39)22(32)12-18-14-33-23-9-5-3-7-20(18)23/h3-10,14-15,17,22,25-27,33-34,38H,11-13,16,32H2,1-2H3,(H,35,41)(H,36,40)(H,37,39)(H,42,43). The van der Waals surface area contributed by atoms with E-state index in [-0.39, 0.29) is 25.2 Å². The molecule has 2 heterocycles. The molecule has 0 spiro atoms. The van der Waals surface area contributed by atoms with Gasteiger partial charge in [0.05, 0.1) is 12.6 Å². The van der Waals surface area contributed by atoms with Crippen LogP contribution in [0.1, 0.15) is 31.4 Å². The smallest absolute Gasteiger partial charge is 0.326 e. The zero-order valence-electron chi connectivity index (χ0n) is 24.1. The van der Waals surface area contributed by atoms with E-state index in [1.165, 1.54) is 0 Å². The average molecular weight is 591 g/mol. The zero-order chi connectivity index (χ0) is 31.1. The van der Waals surface area contributed by atoms with Crippen LogP contribution in [0.3, 0.4) is 0 Å². The molecule has 3 amide bonds. The molecule has 0 aliphatic carbocycles. The van der Waals surface area contributed by atoms with Gasteiger partial charge in [-0.25, -0.2) is 4.79 Å². The van der Waals surface area contributed by atoms with Gasteiger partial charge in [0.15, 0.2) is 0 Å². The van der Waals surface area contributed by atoms with E-state index in [1.807, 2.05) is 62.4 Å². The molecule has 4 aromatic rings. The number of hydrogen-bond donors (Lipinski definition) is 8. The molecule has 0 radical (unpaired) electrons. The lowest BCUT2D eigenvalue weighted by atomic mass is 10.0. The maximum Gasteiger partial charge on any atom is 0.326 e. The first-order valence-corrected chi connectivity index (χ1v) is 14.2. The summed E-state index contributed by atoms with van der Waals surface area (Å²) in [7, 11) is 0. The highest BCUT2D eigenvalue weighted by Crippen LogP contribution is 2.20. The predicted molar refractivity (Wildman–Crippen MR) is 162 cm³/mol. The fraction of sp³-hybridized carbons (Fsp3) is 0.355. The predicted octanol–water partition coefficient (Wildman–Crippen LogP) is 1.34. The molecule has 4 rings (SSSR count). The maximum atomic E-state index is 13.4. The van der Waals surface area contributed by atoms with Gasteiger partial charge in [-0.1, -0.05) is 50.2 Å². The number of H-pyrrole nitrogens is 2. The van der Waals surface area contributed by atoms with Gasteiger partial charge in [0.2, 0.25) is 17.7 Å². The Labute approximate surface area is 248 Å². The van der Waals surface area contributed by atoms with Crippen molar-refractivity contribution in [2.75, 3.05) is 6.61 Å². The van der Waals surface area contributed by atoms with Gasteiger partial charge in [0, 0.05) is 40.6 Å². The van der Waals surface area contributed by atoms with Crippen molar-refractivity contribution in [1.29, 1.82) is 0 Å². The molecule has 12 nitrogen and oxygen atoms in total. The SMILES string of the molecule is CC(C)CC(NC(=O)C(Cc1c[nH]c2ccccc12)NC(=O)C(CO)NC(=O)C(N)Cc1c[nH]c2ccccc12)C(=O)O. The molecule has 0 fully saturated rings. The highest BCUT2D eigenvalue weighted by atomic mass is 16.4. The third-order valence-electron chi connectivity index (χ3n) is 7.32. The largest absolute Gasteiger partial charge is 0.480 e.